The summed E-state index contributed by atoms with van der Waals surface area (Å²) in [6.45, 7) is 0.741. The lowest BCUT2D eigenvalue weighted by Crippen LogP contribution is -2.14. The van der Waals surface area contributed by atoms with Crippen molar-refractivity contribution in [3.05, 3.63) is 66.2 Å². The van der Waals surface area contributed by atoms with Crippen LogP contribution in [0, 0.1) is 0 Å². The average Bonchev–Trinajstić information content (AvgIpc) is 3.30. The summed E-state index contributed by atoms with van der Waals surface area (Å²) in [6, 6.07) is 18.1. The molecular formula is C16H16O4S. The molecule has 2 atom stereocenters. The summed E-state index contributed by atoms with van der Waals surface area (Å²) in [4.78, 5) is 0.292. The molecule has 0 aromatic heterocycles. The number of hydrogen-bond donors (Lipinski definition) is 0. The lowest BCUT2D eigenvalue weighted by molar-refractivity contribution is 0.104. The quantitative estimate of drug-likeness (QED) is 0.769. The standard InChI is InChI=1S/C16H16O4S/c17-21(18,14-9-5-2-6-10-14)16-15(20-16)12-19-11-13-7-3-1-4-8-13/h1-10,15-16H,11-12H2/t15-,16-/m0/s1. The van der Waals surface area contributed by atoms with Gasteiger partial charge in [-0.15, -0.1) is 0 Å². The van der Waals surface area contributed by atoms with Crippen LogP contribution < -0.4 is 0 Å². The van der Waals surface area contributed by atoms with Crippen LogP contribution in [0.3, 0.4) is 0 Å². The molecule has 1 heterocycles. The van der Waals surface area contributed by atoms with Gasteiger partial charge in [0, 0.05) is 0 Å². The van der Waals surface area contributed by atoms with Gasteiger partial charge in [-0.2, -0.15) is 0 Å². The molecule has 21 heavy (non-hydrogen) atoms. The highest BCUT2D eigenvalue weighted by molar-refractivity contribution is 7.92. The van der Waals surface area contributed by atoms with Gasteiger partial charge in [0.1, 0.15) is 6.10 Å². The van der Waals surface area contributed by atoms with Crippen molar-refractivity contribution in [1.29, 1.82) is 0 Å². The summed E-state index contributed by atoms with van der Waals surface area (Å²) in [5.74, 6) is 0. The van der Waals surface area contributed by atoms with Gasteiger partial charge < -0.3 is 9.47 Å². The topological polar surface area (TPSA) is 55.9 Å². The Bertz CT molecular complexity index is 683. The highest BCUT2D eigenvalue weighted by Crippen LogP contribution is 2.32. The van der Waals surface area contributed by atoms with Crippen molar-refractivity contribution in [3.63, 3.8) is 0 Å². The summed E-state index contributed by atoms with van der Waals surface area (Å²) in [5.41, 5.74) is 0.274. The van der Waals surface area contributed by atoms with Crippen molar-refractivity contribution >= 4 is 9.84 Å². The molecule has 0 N–H and O–H groups in total. The second-order valence-corrected chi connectivity index (χ2v) is 6.93. The van der Waals surface area contributed by atoms with Gasteiger partial charge in [-0.1, -0.05) is 48.5 Å². The van der Waals surface area contributed by atoms with Crippen molar-refractivity contribution in [3.8, 4) is 0 Å². The average molecular weight is 304 g/mol. The highest BCUT2D eigenvalue weighted by atomic mass is 32.2. The maximum Gasteiger partial charge on any atom is 0.207 e. The monoisotopic (exact) mass is 304 g/mol. The maximum atomic E-state index is 12.3. The van der Waals surface area contributed by atoms with E-state index in [0.717, 1.165) is 5.56 Å². The zero-order chi connectivity index (χ0) is 14.7. The zero-order valence-corrected chi connectivity index (χ0v) is 12.2. The van der Waals surface area contributed by atoms with Crippen LogP contribution in [0.25, 0.3) is 0 Å². The summed E-state index contributed by atoms with van der Waals surface area (Å²) in [7, 11) is -3.41. The number of benzene rings is 2. The fraction of sp³-hybridized carbons (Fsp3) is 0.250. The summed E-state index contributed by atoms with van der Waals surface area (Å²) >= 11 is 0. The predicted molar refractivity (Wildman–Crippen MR) is 78.4 cm³/mol. The molecule has 3 rings (SSSR count). The molecule has 1 aliphatic heterocycles. The van der Waals surface area contributed by atoms with E-state index in [1.807, 2.05) is 30.3 Å². The molecule has 1 fully saturated rings. The van der Waals surface area contributed by atoms with Crippen molar-refractivity contribution in [1.82, 2.24) is 0 Å². The van der Waals surface area contributed by atoms with E-state index < -0.39 is 15.3 Å². The second-order valence-electron chi connectivity index (χ2n) is 4.90. The number of rotatable bonds is 6. The maximum absolute atomic E-state index is 12.3. The Hall–Kier alpha value is -1.69. The SMILES string of the molecule is O=S(=O)(c1ccccc1)[C@@H]1O[C@H]1COCc1ccccc1. The van der Waals surface area contributed by atoms with Gasteiger partial charge in [0.05, 0.1) is 18.1 Å². The molecule has 2 aromatic carbocycles. The van der Waals surface area contributed by atoms with Gasteiger partial charge in [-0.05, 0) is 17.7 Å². The molecule has 0 radical (unpaired) electrons. The van der Waals surface area contributed by atoms with Gasteiger partial charge in [-0.3, -0.25) is 0 Å². The van der Waals surface area contributed by atoms with E-state index in [4.69, 9.17) is 9.47 Å². The second kappa shape index (κ2) is 5.97. The van der Waals surface area contributed by atoms with E-state index in [0.29, 0.717) is 11.5 Å². The molecule has 0 unspecified atom stereocenters. The summed E-state index contributed by atoms with van der Waals surface area (Å²) < 4.78 is 35.3. The van der Waals surface area contributed by atoms with Crippen LogP contribution in [0.5, 0.6) is 0 Å². The van der Waals surface area contributed by atoms with Gasteiger partial charge in [0.15, 0.2) is 5.44 Å². The number of hydrogen-bond acceptors (Lipinski definition) is 4. The first-order chi connectivity index (χ1) is 10.2. The number of sulfone groups is 1. The normalized spacial score (nSPS) is 21.1. The molecule has 0 aliphatic carbocycles. The smallest absolute Gasteiger partial charge is 0.207 e. The Kier molecular flexibility index (Phi) is 4.05. The molecule has 1 aliphatic rings. The lowest BCUT2D eigenvalue weighted by Gasteiger charge is -2.02. The van der Waals surface area contributed by atoms with Gasteiger partial charge in [0.2, 0.25) is 9.84 Å². The highest BCUT2D eigenvalue weighted by Gasteiger charge is 2.49. The number of ether oxygens (including phenoxy) is 2. The number of epoxide rings is 1. The van der Waals surface area contributed by atoms with Crippen LogP contribution in [0.2, 0.25) is 0 Å². The third-order valence-corrected chi connectivity index (χ3v) is 5.26. The van der Waals surface area contributed by atoms with Crippen LogP contribution in [0.4, 0.5) is 0 Å². The van der Waals surface area contributed by atoms with Crippen molar-refractivity contribution < 1.29 is 17.9 Å². The fourth-order valence-corrected chi connectivity index (χ4v) is 3.70. The molecule has 1 saturated heterocycles. The van der Waals surface area contributed by atoms with Crippen LogP contribution >= 0.6 is 0 Å². The Morgan fingerprint density at radius 3 is 2.24 bits per heavy atom. The minimum atomic E-state index is -3.41. The minimum Gasteiger partial charge on any atom is -0.374 e. The first-order valence-corrected chi connectivity index (χ1v) is 8.28. The van der Waals surface area contributed by atoms with Crippen LogP contribution in [-0.2, 0) is 25.9 Å². The predicted octanol–water partition coefficient (Wildman–Crippen LogP) is 2.40. The van der Waals surface area contributed by atoms with E-state index in [1.165, 1.54) is 0 Å². The first-order valence-electron chi connectivity index (χ1n) is 6.74. The molecule has 5 heteroatoms. The molecule has 110 valence electrons. The van der Waals surface area contributed by atoms with E-state index in [2.05, 4.69) is 0 Å². The lowest BCUT2D eigenvalue weighted by atomic mass is 10.2. The third kappa shape index (κ3) is 3.32. The third-order valence-electron chi connectivity index (χ3n) is 3.31. The van der Waals surface area contributed by atoms with Crippen LogP contribution in [-0.4, -0.2) is 26.6 Å². The fourth-order valence-electron chi connectivity index (χ4n) is 2.13. The summed E-state index contributed by atoms with van der Waals surface area (Å²) in [5, 5.41) is 0. The molecule has 0 amide bonds. The Labute approximate surface area is 124 Å². The van der Waals surface area contributed by atoms with Crippen molar-refractivity contribution in [2.24, 2.45) is 0 Å². The Balaban J connectivity index is 1.53. The molecular weight excluding hydrogens is 288 g/mol. The van der Waals surface area contributed by atoms with E-state index in [9.17, 15) is 8.42 Å². The summed E-state index contributed by atoms with van der Waals surface area (Å²) in [6.07, 6.45) is -0.376. The van der Waals surface area contributed by atoms with Gasteiger partial charge >= 0.3 is 0 Å². The Morgan fingerprint density at radius 1 is 0.952 bits per heavy atom. The molecule has 0 spiro atoms. The first kappa shape index (κ1) is 14.3. The van der Waals surface area contributed by atoms with Crippen LogP contribution in [0.1, 0.15) is 5.56 Å². The largest absolute Gasteiger partial charge is 0.374 e. The van der Waals surface area contributed by atoms with Gasteiger partial charge in [0.25, 0.3) is 0 Å². The Morgan fingerprint density at radius 2 is 1.57 bits per heavy atom. The van der Waals surface area contributed by atoms with E-state index in [-0.39, 0.29) is 12.7 Å². The molecule has 2 aromatic rings. The van der Waals surface area contributed by atoms with Crippen molar-refractivity contribution in [2.45, 2.75) is 23.0 Å². The van der Waals surface area contributed by atoms with E-state index >= 15 is 0 Å². The van der Waals surface area contributed by atoms with Gasteiger partial charge in [-0.25, -0.2) is 8.42 Å². The molecule has 0 saturated carbocycles. The molecule has 0 bridgehead atoms. The molecule has 4 nitrogen and oxygen atoms in total. The zero-order valence-electron chi connectivity index (χ0n) is 11.4. The van der Waals surface area contributed by atoms with Crippen LogP contribution in [0.15, 0.2) is 65.6 Å². The minimum absolute atomic E-state index is 0.283. The van der Waals surface area contributed by atoms with Crippen molar-refractivity contribution in [2.75, 3.05) is 6.61 Å². The van der Waals surface area contributed by atoms with E-state index in [1.54, 1.807) is 30.3 Å².